The number of halogens is 1. The highest BCUT2D eigenvalue weighted by molar-refractivity contribution is 7.88. The van der Waals surface area contributed by atoms with Crippen LogP contribution >= 0.6 is 0 Å². The van der Waals surface area contributed by atoms with Gasteiger partial charge in [0.15, 0.2) is 0 Å². The number of hydrogen-bond donors (Lipinski definition) is 1. The molecule has 1 aromatic rings. The highest BCUT2D eigenvalue weighted by Gasteiger charge is 2.36. The lowest BCUT2D eigenvalue weighted by molar-refractivity contribution is 0.392. The molecule has 0 spiro atoms. The minimum absolute atomic E-state index is 0.104. The van der Waals surface area contributed by atoms with Crippen LogP contribution < -0.4 is 5.73 Å². The van der Waals surface area contributed by atoms with Gasteiger partial charge < -0.3 is 5.73 Å². The van der Waals surface area contributed by atoms with Gasteiger partial charge in [0.2, 0.25) is 10.0 Å². The van der Waals surface area contributed by atoms with Gasteiger partial charge in [-0.1, -0.05) is 12.1 Å². The summed E-state index contributed by atoms with van der Waals surface area (Å²) >= 11 is 0. The van der Waals surface area contributed by atoms with Crippen LogP contribution in [0.4, 0.5) is 4.39 Å². The fourth-order valence-electron chi connectivity index (χ4n) is 2.20. The molecule has 0 aliphatic carbocycles. The van der Waals surface area contributed by atoms with Gasteiger partial charge in [0.05, 0.1) is 5.75 Å². The van der Waals surface area contributed by atoms with Crippen LogP contribution in [0, 0.1) is 5.82 Å². The summed E-state index contributed by atoms with van der Waals surface area (Å²) in [5, 5.41) is 0. The number of nitrogens with two attached hydrogens (primary N) is 1. The lowest BCUT2D eigenvalue weighted by Gasteiger charge is -2.22. The van der Waals surface area contributed by atoms with E-state index in [0.29, 0.717) is 18.5 Å². The summed E-state index contributed by atoms with van der Waals surface area (Å²) in [6, 6.07) is 5.25. The Hall–Kier alpha value is -0.980. The van der Waals surface area contributed by atoms with Crippen molar-refractivity contribution < 1.29 is 12.8 Å². The molecule has 100 valence electrons. The number of benzene rings is 1. The van der Waals surface area contributed by atoms with Gasteiger partial charge in [-0.15, -0.1) is 0 Å². The van der Waals surface area contributed by atoms with Crippen LogP contribution in [0.25, 0.3) is 0 Å². The Morgan fingerprint density at radius 3 is 2.50 bits per heavy atom. The summed E-state index contributed by atoms with van der Waals surface area (Å²) < 4.78 is 38.6. The minimum Gasteiger partial charge on any atom is -0.326 e. The monoisotopic (exact) mass is 272 g/mol. The van der Waals surface area contributed by atoms with E-state index in [2.05, 4.69) is 0 Å². The molecule has 4 nitrogen and oxygen atoms in total. The van der Waals surface area contributed by atoms with Crippen molar-refractivity contribution >= 4 is 10.0 Å². The van der Waals surface area contributed by atoms with Crippen molar-refractivity contribution in [1.82, 2.24) is 4.31 Å². The Morgan fingerprint density at radius 1 is 1.39 bits per heavy atom. The number of rotatable bonds is 3. The zero-order valence-electron chi connectivity index (χ0n) is 10.2. The smallest absolute Gasteiger partial charge is 0.218 e. The molecular formula is C12H17FN2O2S. The average molecular weight is 272 g/mol. The molecule has 0 aromatic heterocycles. The van der Waals surface area contributed by atoms with E-state index in [-0.39, 0.29) is 23.7 Å². The highest BCUT2D eigenvalue weighted by atomic mass is 32.2. The second kappa shape index (κ2) is 4.95. The van der Waals surface area contributed by atoms with Crippen molar-refractivity contribution in [1.29, 1.82) is 0 Å². The molecule has 2 rings (SSSR count). The number of hydrogen-bond acceptors (Lipinski definition) is 3. The average Bonchev–Trinajstić information content (AvgIpc) is 2.63. The SMILES string of the molecule is CC1C(N)CCN1S(=O)(=O)Cc1ccc(F)cc1. The van der Waals surface area contributed by atoms with E-state index in [0.717, 1.165) is 0 Å². The van der Waals surface area contributed by atoms with Gasteiger partial charge in [-0.25, -0.2) is 12.8 Å². The van der Waals surface area contributed by atoms with Crippen molar-refractivity contribution in [3.8, 4) is 0 Å². The summed E-state index contributed by atoms with van der Waals surface area (Å²) in [5.74, 6) is -0.475. The summed E-state index contributed by atoms with van der Waals surface area (Å²) in [4.78, 5) is 0. The fraction of sp³-hybridized carbons (Fsp3) is 0.500. The van der Waals surface area contributed by atoms with E-state index in [1.54, 1.807) is 0 Å². The summed E-state index contributed by atoms with van der Waals surface area (Å²) in [5.41, 5.74) is 6.41. The van der Waals surface area contributed by atoms with Crippen molar-refractivity contribution in [2.75, 3.05) is 6.54 Å². The maximum atomic E-state index is 12.8. The first-order valence-electron chi connectivity index (χ1n) is 5.90. The molecule has 0 amide bonds. The standard InChI is InChI=1S/C12H17FN2O2S/c1-9-12(14)6-7-15(9)18(16,17)8-10-2-4-11(13)5-3-10/h2-5,9,12H,6-8,14H2,1H3. The molecule has 1 aliphatic rings. The molecule has 1 heterocycles. The van der Waals surface area contributed by atoms with Crippen LogP contribution in [0.1, 0.15) is 18.9 Å². The predicted molar refractivity (Wildman–Crippen MR) is 67.8 cm³/mol. The Morgan fingerprint density at radius 2 is 2.00 bits per heavy atom. The van der Waals surface area contributed by atoms with Crippen molar-refractivity contribution in [3.63, 3.8) is 0 Å². The molecule has 0 bridgehead atoms. The van der Waals surface area contributed by atoms with Crippen LogP contribution in [0.3, 0.4) is 0 Å². The molecule has 2 atom stereocenters. The summed E-state index contributed by atoms with van der Waals surface area (Å²) in [6.07, 6.45) is 0.684. The molecule has 2 unspecified atom stereocenters. The quantitative estimate of drug-likeness (QED) is 0.895. The van der Waals surface area contributed by atoms with Crippen molar-refractivity contribution in [3.05, 3.63) is 35.6 Å². The van der Waals surface area contributed by atoms with Crippen molar-refractivity contribution in [2.45, 2.75) is 31.2 Å². The first-order chi connectivity index (χ1) is 8.40. The first-order valence-corrected chi connectivity index (χ1v) is 7.50. The molecule has 6 heteroatoms. The number of sulfonamides is 1. The number of nitrogens with zero attached hydrogens (tertiary/aromatic N) is 1. The maximum Gasteiger partial charge on any atom is 0.218 e. The third-order valence-corrected chi connectivity index (χ3v) is 5.30. The molecule has 0 radical (unpaired) electrons. The summed E-state index contributed by atoms with van der Waals surface area (Å²) in [7, 11) is -3.38. The van der Waals surface area contributed by atoms with E-state index in [1.165, 1.54) is 28.6 Å². The van der Waals surface area contributed by atoms with Gasteiger partial charge in [-0.2, -0.15) is 4.31 Å². The van der Waals surface area contributed by atoms with Gasteiger partial charge in [-0.3, -0.25) is 0 Å². The largest absolute Gasteiger partial charge is 0.326 e. The van der Waals surface area contributed by atoms with E-state index in [4.69, 9.17) is 5.73 Å². The third-order valence-electron chi connectivity index (χ3n) is 3.38. The Bertz CT molecular complexity index is 515. The zero-order valence-corrected chi connectivity index (χ0v) is 11.0. The van der Waals surface area contributed by atoms with E-state index >= 15 is 0 Å². The van der Waals surface area contributed by atoms with Gasteiger partial charge in [0, 0.05) is 18.6 Å². The summed E-state index contributed by atoms with van der Waals surface area (Å²) in [6.45, 7) is 2.28. The third kappa shape index (κ3) is 2.71. The lowest BCUT2D eigenvalue weighted by atomic mass is 10.2. The molecule has 18 heavy (non-hydrogen) atoms. The van der Waals surface area contributed by atoms with Gasteiger partial charge in [0.1, 0.15) is 5.82 Å². The maximum absolute atomic E-state index is 12.8. The molecule has 1 aromatic carbocycles. The first kappa shape index (κ1) is 13.5. The van der Waals surface area contributed by atoms with E-state index in [1.807, 2.05) is 6.92 Å². The van der Waals surface area contributed by atoms with Crippen LogP contribution in [0.15, 0.2) is 24.3 Å². The van der Waals surface area contributed by atoms with E-state index < -0.39 is 10.0 Å². The van der Waals surface area contributed by atoms with Crippen LogP contribution in [-0.2, 0) is 15.8 Å². The van der Waals surface area contributed by atoms with Gasteiger partial charge >= 0.3 is 0 Å². The highest BCUT2D eigenvalue weighted by Crippen LogP contribution is 2.22. The Balaban J connectivity index is 2.15. The van der Waals surface area contributed by atoms with Crippen molar-refractivity contribution in [2.24, 2.45) is 5.73 Å². The molecule has 0 saturated carbocycles. The molecule has 1 saturated heterocycles. The Kier molecular flexibility index (Phi) is 3.70. The lowest BCUT2D eigenvalue weighted by Crippen LogP contribution is -2.40. The van der Waals surface area contributed by atoms with Gasteiger partial charge in [-0.05, 0) is 31.0 Å². The second-order valence-electron chi connectivity index (χ2n) is 4.69. The van der Waals surface area contributed by atoms with Crippen LogP contribution in [0.2, 0.25) is 0 Å². The minimum atomic E-state index is -3.38. The normalized spacial score (nSPS) is 25.5. The Labute approximate surface area is 107 Å². The molecule has 2 N–H and O–H groups in total. The predicted octanol–water partition coefficient (Wildman–Crippen LogP) is 1.08. The van der Waals surface area contributed by atoms with Gasteiger partial charge in [0.25, 0.3) is 0 Å². The van der Waals surface area contributed by atoms with E-state index in [9.17, 15) is 12.8 Å². The van der Waals surface area contributed by atoms with Crippen LogP contribution in [-0.4, -0.2) is 31.4 Å². The van der Waals surface area contributed by atoms with Crippen LogP contribution in [0.5, 0.6) is 0 Å². The molecule has 1 aliphatic heterocycles. The molecule has 1 fully saturated rings. The molecular weight excluding hydrogens is 255 g/mol. The second-order valence-corrected chi connectivity index (χ2v) is 6.61. The zero-order chi connectivity index (χ0) is 13.3. The fourth-order valence-corrected chi connectivity index (χ4v) is 4.03. The topological polar surface area (TPSA) is 63.4 Å².